The van der Waals surface area contributed by atoms with E-state index in [1.807, 2.05) is 0 Å². The van der Waals surface area contributed by atoms with Gasteiger partial charge in [-0.1, -0.05) is 18.2 Å². The molecule has 2 nitrogen and oxygen atoms in total. The molecule has 0 aliphatic rings. The van der Waals surface area contributed by atoms with Gasteiger partial charge in [-0.15, -0.1) is 0 Å². The molecule has 0 radical (unpaired) electrons. The molecule has 1 N–H and O–H groups in total. The van der Waals surface area contributed by atoms with E-state index in [4.69, 9.17) is 0 Å². The maximum absolute atomic E-state index is 13.1. The van der Waals surface area contributed by atoms with Gasteiger partial charge in [0.15, 0.2) is 0 Å². The molecule has 1 rings (SSSR count). The predicted molar refractivity (Wildman–Crippen MR) is 53.0 cm³/mol. The van der Waals surface area contributed by atoms with Crippen molar-refractivity contribution >= 4 is 0 Å². The lowest BCUT2D eigenvalue weighted by molar-refractivity contribution is -0.179. The number of alkyl halides is 3. The van der Waals surface area contributed by atoms with Gasteiger partial charge in [0.05, 0.1) is 12.7 Å². The Morgan fingerprint density at radius 2 is 1.88 bits per heavy atom. The van der Waals surface area contributed by atoms with Crippen LogP contribution in [0.5, 0.6) is 0 Å². The van der Waals surface area contributed by atoms with Crippen LogP contribution in [0.1, 0.15) is 5.56 Å². The van der Waals surface area contributed by atoms with E-state index >= 15 is 0 Å². The number of halogens is 4. The molecule has 0 aromatic heterocycles. The second kappa shape index (κ2) is 5.97. The maximum Gasteiger partial charge on any atom is 0.411 e. The van der Waals surface area contributed by atoms with Crippen molar-refractivity contribution in [3.63, 3.8) is 0 Å². The average molecular weight is 252 g/mol. The molecule has 1 aromatic rings. The number of hydrogen-bond donors (Lipinski definition) is 1. The number of benzene rings is 1. The summed E-state index contributed by atoms with van der Waals surface area (Å²) in [6.07, 6.45) is -5.66. The molecule has 96 valence electrons. The second-order valence-corrected chi connectivity index (χ2v) is 3.58. The zero-order valence-corrected chi connectivity index (χ0v) is 8.88. The first-order valence-electron chi connectivity index (χ1n) is 4.94. The van der Waals surface area contributed by atoms with Crippen LogP contribution in [0.4, 0.5) is 17.6 Å². The normalized spacial score (nSPS) is 13.7. The zero-order valence-electron chi connectivity index (χ0n) is 8.88. The van der Waals surface area contributed by atoms with Gasteiger partial charge < -0.3 is 9.84 Å². The summed E-state index contributed by atoms with van der Waals surface area (Å²) in [4.78, 5) is 0. The third kappa shape index (κ3) is 5.65. The van der Waals surface area contributed by atoms with Crippen LogP contribution in [0.2, 0.25) is 0 Å². The fourth-order valence-electron chi connectivity index (χ4n) is 1.29. The average Bonchev–Trinajstić information content (AvgIpc) is 2.19. The minimum Gasteiger partial charge on any atom is -0.390 e. The van der Waals surface area contributed by atoms with Crippen LogP contribution < -0.4 is 0 Å². The van der Waals surface area contributed by atoms with E-state index in [1.165, 1.54) is 18.2 Å². The van der Waals surface area contributed by atoms with E-state index in [2.05, 4.69) is 4.74 Å². The van der Waals surface area contributed by atoms with E-state index in [-0.39, 0.29) is 12.0 Å². The Bertz CT molecular complexity index is 352. The van der Waals surface area contributed by atoms with Crippen molar-refractivity contribution in [1.82, 2.24) is 0 Å². The van der Waals surface area contributed by atoms with Gasteiger partial charge in [-0.3, -0.25) is 0 Å². The first-order chi connectivity index (χ1) is 7.88. The Balaban J connectivity index is 2.35. The van der Waals surface area contributed by atoms with E-state index in [1.54, 1.807) is 6.07 Å². The van der Waals surface area contributed by atoms with Gasteiger partial charge in [-0.05, 0) is 11.6 Å². The van der Waals surface area contributed by atoms with Crippen LogP contribution in [-0.4, -0.2) is 30.6 Å². The van der Waals surface area contributed by atoms with Gasteiger partial charge in [0, 0.05) is 6.42 Å². The fourth-order valence-corrected chi connectivity index (χ4v) is 1.29. The molecule has 0 saturated heterocycles. The lowest BCUT2D eigenvalue weighted by atomic mass is 10.1. The summed E-state index contributed by atoms with van der Waals surface area (Å²) < 4.78 is 52.6. The van der Waals surface area contributed by atoms with Crippen LogP contribution in [-0.2, 0) is 11.2 Å². The molecule has 0 spiro atoms. The molecule has 0 aliphatic heterocycles. The largest absolute Gasteiger partial charge is 0.411 e. The van der Waals surface area contributed by atoms with Crippen molar-refractivity contribution in [3.8, 4) is 0 Å². The van der Waals surface area contributed by atoms with Crippen LogP contribution in [0, 0.1) is 5.82 Å². The minimum atomic E-state index is -4.42. The Hall–Kier alpha value is -1.14. The second-order valence-electron chi connectivity index (χ2n) is 3.58. The van der Waals surface area contributed by atoms with E-state index in [0.29, 0.717) is 0 Å². The van der Waals surface area contributed by atoms with Crippen molar-refractivity contribution in [2.75, 3.05) is 13.2 Å². The number of ether oxygens (including phenoxy) is 1. The number of hydrogen-bond acceptors (Lipinski definition) is 2. The molecular weight excluding hydrogens is 240 g/mol. The van der Waals surface area contributed by atoms with Crippen LogP contribution in [0.15, 0.2) is 24.3 Å². The monoisotopic (exact) mass is 252 g/mol. The van der Waals surface area contributed by atoms with E-state index in [0.717, 1.165) is 0 Å². The predicted octanol–water partition coefficient (Wildman–Crippen LogP) is 2.31. The van der Waals surface area contributed by atoms with Crippen LogP contribution in [0.3, 0.4) is 0 Å². The maximum atomic E-state index is 13.1. The van der Waals surface area contributed by atoms with Gasteiger partial charge in [0.1, 0.15) is 12.4 Å². The molecule has 6 heteroatoms. The van der Waals surface area contributed by atoms with Gasteiger partial charge in [-0.2, -0.15) is 13.2 Å². The first-order valence-corrected chi connectivity index (χ1v) is 4.94. The van der Waals surface area contributed by atoms with Crippen molar-refractivity contribution in [3.05, 3.63) is 35.6 Å². The Morgan fingerprint density at radius 1 is 1.24 bits per heavy atom. The number of aliphatic hydroxyl groups excluding tert-OH is 1. The Morgan fingerprint density at radius 3 is 2.47 bits per heavy atom. The molecule has 1 atom stereocenters. The number of rotatable bonds is 5. The molecule has 0 heterocycles. The van der Waals surface area contributed by atoms with Gasteiger partial charge in [-0.25, -0.2) is 4.39 Å². The summed E-state index contributed by atoms with van der Waals surface area (Å²) in [6, 6.07) is 5.76. The van der Waals surface area contributed by atoms with Gasteiger partial charge >= 0.3 is 6.18 Å². The fraction of sp³-hybridized carbons (Fsp3) is 0.455. The molecule has 0 saturated carbocycles. The highest BCUT2D eigenvalue weighted by atomic mass is 19.4. The highest BCUT2D eigenvalue weighted by Crippen LogP contribution is 2.15. The van der Waals surface area contributed by atoms with Crippen molar-refractivity contribution in [1.29, 1.82) is 0 Å². The van der Waals surface area contributed by atoms with Crippen LogP contribution in [0.25, 0.3) is 0 Å². The summed E-state index contributed by atoms with van der Waals surface area (Å²) in [6.45, 7) is -1.89. The lowest BCUT2D eigenvalue weighted by Crippen LogP contribution is -2.24. The van der Waals surface area contributed by atoms with Crippen molar-refractivity contribution in [2.45, 2.75) is 18.7 Å². The summed E-state index contributed by atoms with van der Waals surface area (Å²) in [5.74, 6) is -0.498. The molecular formula is C11H12F4O2. The summed E-state index contributed by atoms with van der Waals surface area (Å²) >= 11 is 0. The van der Waals surface area contributed by atoms with Gasteiger partial charge in [0.2, 0.25) is 0 Å². The molecule has 0 fully saturated rings. The molecule has 1 aromatic carbocycles. The molecule has 0 aliphatic carbocycles. The lowest BCUT2D eigenvalue weighted by Gasteiger charge is -2.13. The van der Waals surface area contributed by atoms with E-state index < -0.39 is 31.3 Å². The third-order valence-electron chi connectivity index (χ3n) is 1.99. The quantitative estimate of drug-likeness (QED) is 0.815. The number of aliphatic hydroxyl groups is 1. The van der Waals surface area contributed by atoms with Crippen molar-refractivity contribution < 1.29 is 27.4 Å². The van der Waals surface area contributed by atoms with E-state index in [9.17, 15) is 22.7 Å². The topological polar surface area (TPSA) is 29.5 Å². The Kier molecular flexibility index (Phi) is 4.89. The minimum absolute atomic E-state index is 0.0788. The Labute approximate surface area is 95.8 Å². The van der Waals surface area contributed by atoms with Crippen molar-refractivity contribution in [2.24, 2.45) is 0 Å². The summed E-state index contributed by atoms with van der Waals surface area (Å²) in [5, 5.41) is 9.36. The highest BCUT2D eigenvalue weighted by molar-refractivity contribution is 5.17. The molecule has 17 heavy (non-hydrogen) atoms. The summed E-state index contributed by atoms with van der Waals surface area (Å²) in [7, 11) is 0. The zero-order chi connectivity index (χ0) is 12.9. The third-order valence-corrected chi connectivity index (χ3v) is 1.99. The molecule has 0 amide bonds. The molecule has 1 unspecified atom stereocenters. The smallest absolute Gasteiger partial charge is 0.390 e. The standard InChI is InChI=1S/C11H12F4O2/c12-10-4-2-1-3-8(10)5-9(16)6-17-7-11(13,14)15/h1-4,9,16H,5-7H2. The van der Waals surface area contributed by atoms with Crippen LogP contribution >= 0.6 is 0 Å². The SMILES string of the molecule is OC(COCC(F)(F)F)Cc1ccccc1F. The highest BCUT2D eigenvalue weighted by Gasteiger charge is 2.27. The van der Waals surface area contributed by atoms with Gasteiger partial charge in [0.25, 0.3) is 0 Å². The summed E-state index contributed by atoms with van der Waals surface area (Å²) in [5.41, 5.74) is 0.246. The first kappa shape index (κ1) is 13.9. The molecule has 0 bridgehead atoms.